The van der Waals surface area contributed by atoms with Crippen molar-refractivity contribution in [2.24, 2.45) is 12.0 Å². The van der Waals surface area contributed by atoms with Crippen molar-refractivity contribution < 1.29 is 0 Å². The largest absolute Gasteiger partial charge is 0.352 e. The third kappa shape index (κ3) is 5.24. The molecule has 2 aromatic heterocycles. The zero-order valence-corrected chi connectivity index (χ0v) is 17.9. The van der Waals surface area contributed by atoms with E-state index in [1.54, 1.807) is 18.4 Å². The van der Waals surface area contributed by atoms with Gasteiger partial charge in [-0.2, -0.15) is 0 Å². The first kappa shape index (κ1) is 19.4. The Morgan fingerprint density at radius 1 is 1.55 bits per heavy atom. The number of hydrogen-bond donors (Lipinski definition) is 1. The van der Waals surface area contributed by atoms with Crippen LogP contribution >= 0.6 is 51.2 Å². The summed E-state index contributed by atoms with van der Waals surface area (Å²) in [5.74, 6) is 0.861. The minimum absolute atomic E-state index is 0. The molecule has 0 unspecified atom stereocenters. The third-order valence-corrected chi connectivity index (χ3v) is 4.51. The lowest BCUT2D eigenvalue weighted by Crippen LogP contribution is -2.38. The Morgan fingerprint density at radius 3 is 2.77 bits per heavy atom. The van der Waals surface area contributed by atoms with Crippen LogP contribution < -0.4 is 5.32 Å². The molecule has 0 fully saturated rings. The summed E-state index contributed by atoms with van der Waals surface area (Å²) in [6.45, 7) is 3.50. The molecular formula is C14H21BrIN5S. The number of aryl methyl sites for hydroxylation is 2. The molecule has 0 bridgehead atoms. The van der Waals surface area contributed by atoms with Crippen molar-refractivity contribution in [3.8, 4) is 0 Å². The van der Waals surface area contributed by atoms with Gasteiger partial charge in [-0.1, -0.05) is 0 Å². The molecule has 8 heteroatoms. The highest BCUT2D eigenvalue weighted by molar-refractivity contribution is 14.0. The Kier molecular flexibility index (Phi) is 7.84. The molecule has 0 saturated carbocycles. The predicted octanol–water partition coefficient (Wildman–Crippen LogP) is 3.38. The molecule has 0 spiro atoms. The van der Waals surface area contributed by atoms with Gasteiger partial charge in [0.25, 0.3) is 0 Å². The Morgan fingerprint density at radius 2 is 2.27 bits per heavy atom. The number of aromatic nitrogens is 2. The molecular weight excluding hydrogens is 477 g/mol. The molecule has 0 aromatic carbocycles. The van der Waals surface area contributed by atoms with E-state index < -0.39 is 0 Å². The first-order valence-corrected chi connectivity index (χ1v) is 8.30. The minimum atomic E-state index is 0. The maximum atomic E-state index is 4.45. The van der Waals surface area contributed by atoms with Gasteiger partial charge < -0.3 is 14.8 Å². The van der Waals surface area contributed by atoms with E-state index in [2.05, 4.69) is 58.3 Å². The van der Waals surface area contributed by atoms with Crippen LogP contribution in [-0.4, -0.2) is 34.5 Å². The lowest BCUT2D eigenvalue weighted by atomic mass is 10.4. The van der Waals surface area contributed by atoms with Crippen molar-refractivity contribution in [1.29, 1.82) is 0 Å². The van der Waals surface area contributed by atoms with Crippen molar-refractivity contribution in [3.05, 3.63) is 38.5 Å². The second-order valence-electron chi connectivity index (χ2n) is 4.90. The summed E-state index contributed by atoms with van der Waals surface area (Å²) in [6.07, 6.45) is 2.05. The standard InChI is InChI=1S/C14H20BrN5S.HI/c1-10-9-21-13(18-10)6-17-14(16-2)20(4)8-12-5-11(15)7-19(12)3;/h5,7,9H,6,8H2,1-4H3,(H,16,17);1H. The van der Waals surface area contributed by atoms with Crippen molar-refractivity contribution in [1.82, 2.24) is 19.8 Å². The van der Waals surface area contributed by atoms with E-state index in [0.29, 0.717) is 6.54 Å². The molecule has 2 rings (SSSR count). The molecule has 2 aromatic rings. The molecule has 0 aliphatic rings. The summed E-state index contributed by atoms with van der Waals surface area (Å²) < 4.78 is 3.20. The van der Waals surface area contributed by atoms with Gasteiger partial charge in [0, 0.05) is 48.6 Å². The summed E-state index contributed by atoms with van der Waals surface area (Å²) in [7, 11) is 5.87. The lowest BCUT2D eigenvalue weighted by molar-refractivity contribution is 0.461. The summed E-state index contributed by atoms with van der Waals surface area (Å²) in [5, 5.41) is 6.48. The van der Waals surface area contributed by atoms with E-state index in [-0.39, 0.29) is 24.0 Å². The molecule has 2 heterocycles. The number of hydrogen-bond acceptors (Lipinski definition) is 3. The SMILES string of the molecule is CN=C(NCc1nc(C)cs1)N(C)Cc1cc(Br)cn1C.I. The fourth-order valence-electron chi connectivity index (χ4n) is 2.06. The van der Waals surface area contributed by atoms with Crippen LogP contribution in [0.4, 0.5) is 0 Å². The van der Waals surface area contributed by atoms with Crippen LogP contribution in [0.15, 0.2) is 27.1 Å². The molecule has 0 aliphatic heterocycles. The molecule has 1 N–H and O–H groups in total. The van der Waals surface area contributed by atoms with Crippen molar-refractivity contribution in [2.75, 3.05) is 14.1 Å². The van der Waals surface area contributed by atoms with Crippen LogP contribution in [0.2, 0.25) is 0 Å². The maximum absolute atomic E-state index is 4.45. The molecule has 122 valence electrons. The zero-order chi connectivity index (χ0) is 15.4. The zero-order valence-electron chi connectivity index (χ0n) is 13.1. The van der Waals surface area contributed by atoms with Crippen LogP contribution in [0.5, 0.6) is 0 Å². The van der Waals surface area contributed by atoms with Crippen LogP contribution in [-0.2, 0) is 20.1 Å². The van der Waals surface area contributed by atoms with Crippen LogP contribution in [0.3, 0.4) is 0 Å². The van der Waals surface area contributed by atoms with E-state index in [9.17, 15) is 0 Å². The van der Waals surface area contributed by atoms with E-state index in [4.69, 9.17) is 0 Å². The van der Waals surface area contributed by atoms with Crippen LogP contribution in [0, 0.1) is 6.92 Å². The van der Waals surface area contributed by atoms with E-state index in [1.165, 1.54) is 5.69 Å². The Bertz CT molecular complexity index is 637. The first-order chi connectivity index (χ1) is 9.99. The first-order valence-electron chi connectivity index (χ1n) is 6.63. The maximum Gasteiger partial charge on any atom is 0.194 e. The number of rotatable bonds is 4. The van der Waals surface area contributed by atoms with E-state index >= 15 is 0 Å². The number of thiazole rings is 1. The Balaban J connectivity index is 0.00000242. The van der Waals surface area contributed by atoms with E-state index in [0.717, 1.165) is 27.7 Å². The van der Waals surface area contributed by atoms with Crippen molar-refractivity contribution in [2.45, 2.75) is 20.0 Å². The van der Waals surface area contributed by atoms with Gasteiger partial charge in [-0.05, 0) is 28.9 Å². The summed E-state index contributed by atoms with van der Waals surface area (Å²) >= 11 is 5.16. The molecule has 0 atom stereocenters. The molecule has 22 heavy (non-hydrogen) atoms. The molecule has 0 saturated heterocycles. The highest BCUT2D eigenvalue weighted by Crippen LogP contribution is 2.15. The van der Waals surface area contributed by atoms with Gasteiger partial charge >= 0.3 is 0 Å². The fourth-order valence-corrected chi connectivity index (χ4v) is 3.35. The normalized spacial score (nSPS) is 11.2. The third-order valence-electron chi connectivity index (χ3n) is 3.11. The van der Waals surface area contributed by atoms with Crippen molar-refractivity contribution in [3.63, 3.8) is 0 Å². The van der Waals surface area contributed by atoms with Gasteiger partial charge in [0.2, 0.25) is 0 Å². The quantitative estimate of drug-likeness (QED) is 0.400. The highest BCUT2D eigenvalue weighted by Gasteiger charge is 2.10. The Labute approximate surface area is 161 Å². The average molecular weight is 498 g/mol. The monoisotopic (exact) mass is 497 g/mol. The topological polar surface area (TPSA) is 45.5 Å². The number of halogens is 2. The van der Waals surface area contributed by atoms with Crippen molar-refractivity contribution >= 4 is 57.2 Å². The molecule has 0 aliphatic carbocycles. The van der Waals surface area contributed by atoms with Gasteiger partial charge in [0.05, 0.1) is 13.1 Å². The van der Waals surface area contributed by atoms with Crippen LogP contribution in [0.1, 0.15) is 16.4 Å². The second-order valence-corrected chi connectivity index (χ2v) is 6.76. The number of aliphatic imine (C=N–C) groups is 1. The highest BCUT2D eigenvalue weighted by atomic mass is 127. The van der Waals surface area contributed by atoms with Crippen LogP contribution in [0.25, 0.3) is 0 Å². The van der Waals surface area contributed by atoms with Gasteiger partial charge in [0.15, 0.2) is 5.96 Å². The fraction of sp³-hybridized carbons (Fsp3) is 0.429. The smallest absolute Gasteiger partial charge is 0.194 e. The molecule has 5 nitrogen and oxygen atoms in total. The number of nitrogens with one attached hydrogen (secondary N) is 1. The molecule has 0 radical (unpaired) electrons. The summed E-state index contributed by atoms with van der Waals surface area (Å²) in [4.78, 5) is 10.9. The number of guanidine groups is 1. The minimum Gasteiger partial charge on any atom is -0.352 e. The van der Waals surface area contributed by atoms with Gasteiger partial charge in [0.1, 0.15) is 5.01 Å². The van der Waals surface area contributed by atoms with Gasteiger partial charge in [-0.25, -0.2) is 4.98 Å². The summed E-state index contributed by atoms with van der Waals surface area (Å²) in [6, 6.07) is 2.12. The van der Waals surface area contributed by atoms with E-state index in [1.807, 2.05) is 21.0 Å². The lowest BCUT2D eigenvalue weighted by Gasteiger charge is -2.22. The van der Waals surface area contributed by atoms with Gasteiger partial charge in [-0.3, -0.25) is 4.99 Å². The molecule has 0 amide bonds. The second kappa shape index (κ2) is 8.88. The average Bonchev–Trinajstić information content (AvgIpc) is 2.96. The number of nitrogens with zero attached hydrogens (tertiary/aromatic N) is 4. The Hall–Kier alpha value is -0.610. The predicted molar refractivity (Wildman–Crippen MR) is 107 cm³/mol. The summed E-state index contributed by atoms with van der Waals surface area (Å²) in [5.41, 5.74) is 2.28. The van der Waals surface area contributed by atoms with Gasteiger partial charge in [-0.15, -0.1) is 35.3 Å².